The van der Waals surface area contributed by atoms with Crippen LogP contribution in [0.4, 0.5) is 0 Å². The van der Waals surface area contributed by atoms with E-state index in [1.165, 1.54) is 0 Å². The Morgan fingerprint density at radius 3 is 2.08 bits per heavy atom. The molecule has 0 aromatic heterocycles. The van der Waals surface area contributed by atoms with Gasteiger partial charge in [-0.1, -0.05) is 18.6 Å². The van der Waals surface area contributed by atoms with Crippen molar-refractivity contribution in [2.45, 2.75) is 47.0 Å². The molecule has 0 aromatic rings. The van der Waals surface area contributed by atoms with Crippen LogP contribution in [0.1, 0.15) is 47.0 Å². The summed E-state index contributed by atoms with van der Waals surface area (Å²) >= 11 is 0. The summed E-state index contributed by atoms with van der Waals surface area (Å²) in [6.45, 7) is 7.93. The Morgan fingerprint density at radius 2 is 1.58 bits per heavy atom. The van der Waals surface area contributed by atoms with Gasteiger partial charge in [0.05, 0.1) is 25.7 Å². The topological polar surface area (TPSA) is 78.9 Å². The monoisotopic (exact) mass is 338 g/mol. The van der Waals surface area contributed by atoms with Gasteiger partial charge in [0, 0.05) is 5.41 Å². The van der Waals surface area contributed by atoms with Crippen LogP contribution in [-0.2, 0) is 28.6 Å². The van der Waals surface area contributed by atoms with E-state index in [1.54, 1.807) is 20.8 Å². The lowest BCUT2D eigenvalue weighted by Crippen LogP contribution is -2.40. The van der Waals surface area contributed by atoms with Crippen molar-refractivity contribution in [3.63, 3.8) is 0 Å². The number of hydrogen-bond acceptors (Lipinski definition) is 6. The molecule has 24 heavy (non-hydrogen) atoms. The molecule has 1 saturated carbocycles. The maximum Gasteiger partial charge on any atom is 0.324 e. The molecule has 6 nitrogen and oxygen atoms in total. The van der Waals surface area contributed by atoms with Crippen LogP contribution in [0.3, 0.4) is 0 Å². The molecule has 0 bridgehead atoms. The van der Waals surface area contributed by atoms with E-state index in [0.717, 1.165) is 5.57 Å². The molecule has 2 aliphatic carbocycles. The number of carbonyl (C=O) groups is 3. The van der Waals surface area contributed by atoms with Gasteiger partial charge >= 0.3 is 17.9 Å². The molecule has 2 aliphatic rings. The fourth-order valence-corrected chi connectivity index (χ4v) is 3.44. The third kappa shape index (κ3) is 3.06. The summed E-state index contributed by atoms with van der Waals surface area (Å²) < 4.78 is 15.3. The van der Waals surface area contributed by atoms with E-state index in [2.05, 4.69) is 0 Å². The second-order valence-corrected chi connectivity index (χ2v) is 6.56. The maximum absolute atomic E-state index is 12.4. The van der Waals surface area contributed by atoms with Crippen molar-refractivity contribution in [3.8, 4) is 0 Å². The van der Waals surface area contributed by atoms with Gasteiger partial charge in [-0.05, 0) is 40.0 Å². The number of hydrogen-bond donors (Lipinski definition) is 0. The van der Waals surface area contributed by atoms with Crippen molar-refractivity contribution >= 4 is 17.9 Å². The van der Waals surface area contributed by atoms with E-state index >= 15 is 0 Å². The zero-order chi connectivity index (χ0) is 18.0. The zero-order valence-corrected chi connectivity index (χ0v) is 14.8. The molecule has 0 amide bonds. The van der Waals surface area contributed by atoms with Crippen LogP contribution >= 0.6 is 0 Å². The third-order valence-electron chi connectivity index (χ3n) is 5.06. The van der Waals surface area contributed by atoms with Crippen molar-refractivity contribution in [1.82, 2.24) is 0 Å². The summed E-state index contributed by atoms with van der Waals surface area (Å²) in [5, 5.41) is 0. The highest BCUT2D eigenvalue weighted by molar-refractivity contribution is 6.01. The maximum atomic E-state index is 12.4. The summed E-state index contributed by atoms with van der Waals surface area (Å²) in [5.41, 5.74) is -0.708. The van der Waals surface area contributed by atoms with E-state index in [-0.39, 0.29) is 43.4 Å². The molecule has 0 unspecified atom stereocenters. The summed E-state index contributed by atoms with van der Waals surface area (Å²) in [4.78, 5) is 36.9. The predicted molar refractivity (Wildman–Crippen MR) is 85.9 cm³/mol. The van der Waals surface area contributed by atoms with Crippen LogP contribution in [-0.4, -0.2) is 37.7 Å². The lowest BCUT2D eigenvalue weighted by molar-refractivity contribution is -0.171. The van der Waals surface area contributed by atoms with Crippen LogP contribution in [0.2, 0.25) is 0 Å². The van der Waals surface area contributed by atoms with Crippen LogP contribution in [0.15, 0.2) is 11.6 Å². The summed E-state index contributed by atoms with van der Waals surface area (Å²) in [6.07, 6.45) is 3.08. The van der Waals surface area contributed by atoms with Crippen molar-refractivity contribution in [1.29, 1.82) is 0 Å². The van der Waals surface area contributed by atoms with E-state index in [4.69, 9.17) is 14.2 Å². The van der Waals surface area contributed by atoms with Crippen LogP contribution in [0, 0.1) is 16.7 Å². The minimum absolute atomic E-state index is 0.205. The molecule has 134 valence electrons. The molecule has 6 heteroatoms. The number of rotatable bonds is 7. The second kappa shape index (κ2) is 6.95. The fourth-order valence-electron chi connectivity index (χ4n) is 3.44. The molecule has 0 aliphatic heterocycles. The van der Waals surface area contributed by atoms with E-state index < -0.39 is 17.4 Å². The molecular formula is C18H26O6. The minimum atomic E-state index is -1.31. The van der Waals surface area contributed by atoms with Gasteiger partial charge in [-0.15, -0.1) is 0 Å². The Labute approximate surface area is 142 Å². The SMILES string of the molecule is CCOC(=O)[C@H]1C[C@]1(C)C1=CCC(C(=O)OCC)(C(=O)OCC)C1. The Kier molecular flexibility index (Phi) is 5.35. The largest absolute Gasteiger partial charge is 0.466 e. The molecule has 1 fully saturated rings. The third-order valence-corrected chi connectivity index (χ3v) is 5.06. The Bertz CT molecular complexity index is 546. The number of allylic oxidation sites excluding steroid dienone is 2. The zero-order valence-electron chi connectivity index (χ0n) is 14.8. The van der Waals surface area contributed by atoms with Gasteiger partial charge in [0.15, 0.2) is 5.41 Å². The Morgan fingerprint density at radius 1 is 1.04 bits per heavy atom. The van der Waals surface area contributed by atoms with Crippen molar-refractivity contribution in [3.05, 3.63) is 11.6 Å². The van der Waals surface area contributed by atoms with Gasteiger partial charge < -0.3 is 14.2 Å². The normalized spacial score (nSPS) is 27.2. The minimum Gasteiger partial charge on any atom is -0.466 e. The Balaban J connectivity index is 2.16. The number of esters is 3. The molecule has 0 radical (unpaired) electrons. The lowest BCUT2D eigenvalue weighted by atomic mass is 9.81. The lowest BCUT2D eigenvalue weighted by Gasteiger charge is -2.25. The highest BCUT2D eigenvalue weighted by Crippen LogP contribution is 2.62. The van der Waals surface area contributed by atoms with Crippen LogP contribution in [0.5, 0.6) is 0 Å². The predicted octanol–water partition coefficient (Wildman–Crippen LogP) is 2.41. The standard InChI is InChI=1S/C18H26O6/c1-5-22-14(19)13-11-17(13,4)12-8-9-18(10-12,15(20)23-6-2)16(21)24-7-3/h8,13H,5-7,9-11H2,1-4H3/t13-,17-/m1/s1. The molecular weight excluding hydrogens is 312 g/mol. The first kappa shape index (κ1) is 18.5. The van der Waals surface area contributed by atoms with Gasteiger partial charge in [0.25, 0.3) is 0 Å². The molecule has 2 rings (SSSR count). The van der Waals surface area contributed by atoms with E-state index in [9.17, 15) is 14.4 Å². The first-order chi connectivity index (χ1) is 11.4. The first-order valence-corrected chi connectivity index (χ1v) is 8.56. The van der Waals surface area contributed by atoms with E-state index in [0.29, 0.717) is 13.0 Å². The van der Waals surface area contributed by atoms with Crippen LogP contribution < -0.4 is 0 Å². The average molecular weight is 338 g/mol. The van der Waals surface area contributed by atoms with Crippen molar-refractivity contribution < 1.29 is 28.6 Å². The van der Waals surface area contributed by atoms with Gasteiger partial charge in [0.2, 0.25) is 0 Å². The Hall–Kier alpha value is -1.85. The highest BCUT2D eigenvalue weighted by Gasteiger charge is 2.62. The van der Waals surface area contributed by atoms with Crippen molar-refractivity contribution in [2.75, 3.05) is 19.8 Å². The molecule has 0 N–H and O–H groups in total. The molecule has 0 spiro atoms. The number of carbonyl (C=O) groups excluding carboxylic acids is 3. The summed E-state index contributed by atoms with van der Waals surface area (Å²) in [6, 6.07) is 0. The molecule has 0 aromatic carbocycles. The molecule has 2 atom stereocenters. The smallest absolute Gasteiger partial charge is 0.324 e. The number of ether oxygens (including phenoxy) is 3. The average Bonchev–Trinajstić information content (AvgIpc) is 3.04. The first-order valence-electron chi connectivity index (χ1n) is 8.56. The molecule has 0 saturated heterocycles. The van der Waals surface area contributed by atoms with Gasteiger partial charge in [-0.3, -0.25) is 14.4 Å². The van der Waals surface area contributed by atoms with Crippen LogP contribution in [0.25, 0.3) is 0 Å². The fraction of sp³-hybridized carbons (Fsp3) is 0.722. The quantitative estimate of drug-likeness (QED) is 0.307. The van der Waals surface area contributed by atoms with Crippen molar-refractivity contribution in [2.24, 2.45) is 16.7 Å². The highest BCUT2D eigenvalue weighted by atomic mass is 16.6. The summed E-state index contributed by atoms with van der Waals surface area (Å²) in [5.74, 6) is -1.52. The van der Waals surface area contributed by atoms with Gasteiger partial charge in [-0.2, -0.15) is 0 Å². The van der Waals surface area contributed by atoms with E-state index in [1.807, 2.05) is 13.0 Å². The summed E-state index contributed by atoms with van der Waals surface area (Å²) in [7, 11) is 0. The molecule has 0 heterocycles. The van der Waals surface area contributed by atoms with Gasteiger partial charge in [-0.25, -0.2) is 0 Å². The van der Waals surface area contributed by atoms with Gasteiger partial charge in [0.1, 0.15) is 0 Å². The second-order valence-electron chi connectivity index (χ2n) is 6.56.